The highest BCUT2D eigenvalue weighted by atomic mass is 32.2. The first-order valence-corrected chi connectivity index (χ1v) is 13.3. The highest BCUT2D eigenvalue weighted by Crippen LogP contribution is 2.53. The van der Waals surface area contributed by atoms with Gasteiger partial charge >= 0.3 is 0 Å². The summed E-state index contributed by atoms with van der Waals surface area (Å²) < 4.78 is 27.1. The van der Waals surface area contributed by atoms with E-state index in [4.69, 9.17) is 0 Å². The second kappa shape index (κ2) is 8.83. The number of piperazine rings is 1. The smallest absolute Gasteiger partial charge is 0.223 e. The lowest BCUT2D eigenvalue weighted by Crippen LogP contribution is -2.47. The van der Waals surface area contributed by atoms with Crippen molar-refractivity contribution in [2.75, 3.05) is 52.1 Å². The molecule has 1 aromatic rings. The molecule has 0 unspecified atom stereocenters. The van der Waals surface area contributed by atoms with Gasteiger partial charge in [0.1, 0.15) is 0 Å². The second-order valence-electron chi connectivity index (χ2n) is 10.2. The Labute approximate surface area is 187 Å². The summed E-state index contributed by atoms with van der Waals surface area (Å²) in [4.78, 5) is 17.3. The Morgan fingerprint density at radius 1 is 1.06 bits per heavy atom. The van der Waals surface area contributed by atoms with E-state index in [0.717, 1.165) is 45.4 Å². The molecule has 7 heteroatoms. The largest absolute Gasteiger partial charge is 0.340 e. The number of rotatable bonds is 5. The molecule has 172 valence electrons. The van der Waals surface area contributed by atoms with E-state index in [1.165, 1.54) is 11.1 Å². The van der Waals surface area contributed by atoms with Crippen LogP contribution < -0.4 is 0 Å². The molecule has 2 aliphatic heterocycles. The van der Waals surface area contributed by atoms with Gasteiger partial charge in [-0.15, -0.1) is 0 Å². The topological polar surface area (TPSA) is 60.9 Å². The van der Waals surface area contributed by atoms with Gasteiger partial charge in [0.2, 0.25) is 15.9 Å². The number of sulfonamides is 1. The predicted molar refractivity (Wildman–Crippen MR) is 124 cm³/mol. The minimum absolute atomic E-state index is 0.00745. The summed E-state index contributed by atoms with van der Waals surface area (Å²) in [6.45, 7) is 8.60. The number of amides is 1. The van der Waals surface area contributed by atoms with Gasteiger partial charge in [0.25, 0.3) is 0 Å². The number of nitrogens with zero attached hydrogens (tertiary/aromatic N) is 3. The number of carbonyl (C=O) groups is 1. The molecule has 0 saturated carbocycles. The zero-order valence-electron chi connectivity index (χ0n) is 19.2. The first-order valence-electron chi connectivity index (χ1n) is 11.7. The van der Waals surface area contributed by atoms with Gasteiger partial charge in [-0.05, 0) is 54.7 Å². The molecule has 1 aliphatic carbocycles. The third kappa shape index (κ3) is 4.69. The van der Waals surface area contributed by atoms with E-state index in [0.29, 0.717) is 19.5 Å². The quantitative estimate of drug-likeness (QED) is 0.696. The number of carbonyl (C=O) groups excluding carboxylic acids is 1. The van der Waals surface area contributed by atoms with Crippen LogP contribution in [0.25, 0.3) is 0 Å². The third-order valence-electron chi connectivity index (χ3n) is 7.50. The first-order chi connectivity index (χ1) is 14.7. The van der Waals surface area contributed by atoms with Crippen LogP contribution in [0.2, 0.25) is 0 Å². The van der Waals surface area contributed by atoms with E-state index in [9.17, 15) is 13.2 Å². The van der Waals surface area contributed by atoms with Gasteiger partial charge in [0.15, 0.2) is 0 Å². The molecule has 0 aromatic heterocycles. The van der Waals surface area contributed by atoms with Gasteiger partial charge in [-0.1, -0.05) is 38.1 Å². The van der Waals surface area contributed by atoms with Crippen LogP contribution in [0.4, 0.5) is 0 Å². The first kappa shape index (κ1) is 22.7. The molecule has 1 atom stereocenters. The van der Waals surface area contributed by atoms with Crippen molar-refractivity contribution in [3.05, 3.63) is 35.4 Å². The van der Waals surface area contributed by atoms with Crippen LogP contribution in [0.15, 0.2) is 24.3 Å². The molecule has 1 amide bonds. The molecule has 2 fully saturated rings. The maximum Gasteiger partial charge on any atom is 0.223 e. The van der Waals surface area contributed by atoms with Crippen molar-refractivity contribution in [2.24, 2.45) is 5.92 Å². The summed E-state index contributed by atoms with van der Waals surface area (Å²) in [6, 6.07) is 8.57. The Morgan fingerprint density at radius 2 is 1.71 bits per heavy atom. The third-order valence-corrected chi connectivity index (χ3v) is 9.74. The number of hydrogen-bond donors (Lipinski definition) is 0. The fourth-order valence-electron chi connectivity index (χ4n) is 5.80. The summed E-state index contributed by atoms with van der Waals surface area (Å²) in [5.74, 6) is 0.862. The molecule has 1 aromatic carbocycles. The average Bonchev–Trinajstić information content (AvgIpc) is 3.01. The van der Waals surface area contributed by atoms with Crippen LogP contribution in [0.1, 0.15) is 56.6 Å². The van der Waals surface area contributed by atoms with Gasteiger partial charge in [-0.2, -0.15) is 0 Å². The minimum atomic E-state index is -3.19. The minimum Gasteiger partial charge on any atom is -0.340 e. The summed E-state index contributed by atoms with van der Waals surface area (Å²) in [6.07, 6.45) is 3.23. The Balaban J connectivity index is 1.47. The number of piperidine rings is 1. The molecule has 3 aliphatic rings. The standard InChI is InChI=1S/C24H37N3O3S/c1-19(2)18-31(29,30)27-10-8-24(9-11-27)17-20(21-6-4-5-7-22(21)24)16-23(28)26-14-12-25(3)13-15-26/h4-7,19-20H,8-18H2,1-3H3/t20-/m0/s1. The summed E-state index contributed by atoms with van der Waals surface area (Å²) in [5.41, 5.74) is 2.67. The van der Waals surface area contributed by atoms with Crippen molar-refractivity contribution < 1.29 is 13.2 Å². The van der Waals surface area contributed by atoms with Gasteiger partial charge < -0.3 is 9.80 Å². The van der Waals surface area contributed by atoms with Crippen molar-refractivity contribution in [2.45, 2.75) is 50.9 Å². The van der Waals surface area contributed by atoms with E-state index in [1.54, 1.807) is 4.31 Å². The summed E-state index contributed by atoms with van der Waals surface area (Å²) >= 11 is 0. The number of likely N-dealkylation sites (N-methyl/N-ethyl adjacent to an activating group) is 1. The Hall–Kier alpha value is -1.44. The van der Waals surface area contributed by atoms with E-state index in [1.807, 2.05) is 18.7 Å². The van der Waals surface area contributed by atoms with Crippen molar-refractivity contribution in [1.29, 1.82) is 0 Å². The highest BCUT2D eigenvalue weighted by Gasteiger charge is 2.47. The molecule has 0 N–H and O–H groups in total. The van der Waals surface area contributed by atoms with Gasteiger partial charge in [0.05, 0.1) is 5.75 Å². The lowest BCUT2D eigenvalue weighted by molar-refractivity contribution is -0.133. The number of fused-ring (bicyclic) bond motifs is 2. The lowest BCUT2D eigenvalue weighted by Gasteiger charge is -2.40. The zero-order chi connectivity index (χ0) is 22.2. The lowest BCUT2D eigenvalue weighted by atomic mass is 9.73. The van der Waals surface area contributed by atoms with Crippen LogP contribution in [0.3, 0.4) is 0 Å². The molecule has 0 radical (unpaired) electrons. The second-order valence-corrected chi connectivity index (χ2v) is 12.2. The molecule has 2 saturated heterocycles. The molecule has 6 nitrogen and oxygen atoms in total. The normalized spacial score (nSPS) is 24.6. The maximum atomic E-state index is 13.0. The number of hydrogen-bond acceptors (Lipinski definition) is 4. The van der Waals surface area contributed by atoms with E-state index >= 15 is 0 Å². The summed E-state index contributed by atoms with van der Waals surface area (Å²) in [7, 11) is -1.09. The number of benzene rings is 1. The molecule has 31 heavy (non-hydrogen) atoms. The molecule has 2 heterocycles. The SMILES string of the molecule is CC(C)CS(=O)(=O)N1CCC2(CC1)C[C@H](CC(=O)N1CCN(C)CC1)c1ccccc12. The van der Waals surface area contributed by atoms with Crippen molar-refractivity contribution >= 4 is 15.9 Å². The maximum absolute atomic E-state index is 13.0. The van der Waals surface area contributed by atoms with Gasteiger partial charge in [-0.25, -0.2) is 12.7 Å². The van der Waals surface area contributed by atoms with Gasteiger partial charge in [-0.3, -0.25) is 4.79 Å². The van der Waals surface area contributed by atoms with Crippen LogP contribution in [-0.2, 0) is 20.2 Å². The van der Waals surface area contributed by atoms with Crippen LogP contribution >= 0.6 is 0 Å². The fourth-order valence-corrected chi connectivity index (χ4v) is 7.59. The highest BCUT2D eigenvalue weighted by molar-refractivity contribution is 7.89. The van der Waals surface area contributed by atoms with Crippen LogP contribution in [0.5, 0.6) is 0 Å². The molecule has 1 spiro atoms. The van der Waals surface area contributed by atoms with Crippen molar-refractivity contribution in [1.82, 2.24) is 14.1 Å². The van der Waals surface area contributed by atoms with Crippen LogP contribution in [0, 0.1) is 5.92 Å². The van der Waals surface area contributed by atoms with E-state index in [2.05, 4.69) is 36.2 Å². The van der Waals surface area contributed by atoms with E-state index in [-0.39, 0.29) is 28.9 Å². The zero-order valence-corrected chi connectivity index (χ0v) is 20.0. The summed E-state index contributed by atoms with van der Waals surface area (Å²) in [5, 5.41) is 0. The average molecular weight is 448 g/mol. The Kier molecular flexibility index (Phi) is 6.48. The molecular weight excluding hydrogens is 410 g/mol. The van der Waals surface area contributed by atoms with Gasteiger partial charge in [0, 0.05) is 45.7 Å². The Bertz CT molecular complexity index is 898. The predicted octanol–water partition coefficient (Wildman–Crippen LogP) is 2.66. The molecule has 0 bridgehead atoms. The monoisotopic (exact) mass is 447 g/mol. The van der Waals surface area contributed by atoms with Crippen LogP contribution in [-0.4, -0.2) is 80.5 Å². The molecule has 4 rings (SSSR count). The van der Waals surface area contributed by atoms with E-state index < -0.39 is 10.0 Å². The van der Waals surface area contributed by atoms with Crippen molar-refractivity contribution in [3.63, 3.8) is 0 Å². The Morgan fingerprint density at radius 3 is 2.35 bits per heavy atom. The molecular formula is C24H37N3O3S. The van der Waals surface area contributed by atoms with Crippen molar-refractivity contribution in [3.8, 4) is 0 Å². The fraction of sp³-hybridized carbons (Fsp3) is 0.708.